The lowest BCUT2D eigenvalue weighted by Gasteiger charge is -2.15. The van der Waals surface area contributed by atoms with Crippen molar-refractivity contribution in [2.24, 2.45) is 0 Å². The maximum Gasteiger partial charge on any atom is 0.289 e. The summed E-state index contributed by atoms with van der Waals surface area (Å²) in [6.07, 6.45) is 3.20. The van der Waals surface area contributed by atoms with Crippen molar-refractivity contribution in [3.8, 4) is 5.82 Å². The summed E-state index contributed by atoms with van der Waals surface area (Å²) < 4.78 is 2.46. The normalized spacial score (nSPS) is 11.8. The van der Waals surface area contributed by atoms with E-state index in [0.717, 1.165) is 10.7 Å². The number of benzene rings is 1. The van der Waals surface area contributed by atoms with Gasteiger partial charge in [0, 0.05) is 30.2 Å². The van der Waals surface area contributed by atoms with E-state index in [1.807, 2.05) is 0 Å². The van der Waals surface area contributed by atoms with E-state index in [9.17, 15) is 19.7 Å². The first-order chi connectivity index (χ1) is 12.9. The first kappa shape index (κ1) is 18.3. The van der Waals surface area contributed by atoms with Gasteiger partial charge in [0.15, 0.2) is 5.82 Å². The molecule has 3 aromatic rings. The van der Waals surface area contributed by atoms with Crippen LogP contribution in [0.4, 0.5) is 11.4 Å². The largest absolute Gasteiger partial charge is 0.324 e. The van der Waals surface area contributed by atoms with Gasteiger partial charge in [0.1, 0.15) is 11.1 Å². The van der Waals surface area contributed by atoms with Gasteiger partial charge in [0.2, 0.25) is 5.91 Å². The van der Waals surface area contributed by atoms with Crippen molar-refractivity contribution in [3.63, 3.8) is 0 Å². The van der Waals surface area contributed by atoms with Gasteiger partial charge in [0.25, 0.3) is 11.2 Å². The lowest BCUT2D eigenvalue weighted by molar-refractivity contribution is -0.384. The van der Waals surface area contributed by atoms with E-state index >= 15 is 0 Å². The fourth-order valence-corrected chi connectivity index (χ4v) is 2.49. The summed E-state index contributed by atoms with van der Waals surface area (Å²) in [4.78, 5) is 34.9. The lowest BCUT2D eigenvalue weighted by atomic mass is 10.2. The van der Waals surface area contributed by atoms with Crippen molar-refractivity contribution in [3.05, 3.63) is 74.3 Å². The highest BCUT2D eigenvalue weighted by atomic mass is 35.5. The Morgan fingerprint density at radius 1 is 1.33 bits per heavy atom. The number of rotatable bonds is 5. The second kappa shape index (κ2) is 7.38. The van der Waals surface area contributed by atoms with Crippen LogP contribution < -0.4 is 10.9 Å². The number of hydrogen-bond acceptors (Lipinski definition) is 6. The molecule has 0 radical (unpaired) electrons. The zero-order valence-electron chi connectivity index (χ0n) is 13.9. The first-order valence-electron chi connectivity index (χ1n) is 7.71. The van der Waals surface area contributed by atoms with Crippen LogP contribution in [0.15, 0.2) is 53.6 Å². The zero-order valence-corrected chi connectivity index (χ0v) is 14.7. The minimum atomic E-state index is -0.970. The van der Waals surface area contributed by atoms with Crippen LogP contribution in [0.3, 0.4) is 0 Å². The monoisotopic (exact) mass is 388 g/mol. The van der Waals surface area contributed by atoms with Crippen LogP contribution in [-0.4, -0.2) is 30.4 Å². The van der Waals surface area contributed by atoms with Crippen molar-refractivity contribution in [2.45, 2.75) is 13.0 Å². The number of halogens is 1. The Labute approximate surface area is 157 Å². The molecule has 10 nitrogen and oxygen atoms in total. The number of amides is 1. The SMILES string of the molecule is C[C@H](C(=O)Nc1ccc(Cl)c([N+](=O)[O-])c1)n1nc(-n2cccn2)ccc1=O. The predicted octanol–water partition coefficient (Wildman–Crippen LogP) is 2.19. The molecule has 27 heavy (non-hydrogen) atoms. The topological polar surface area (TPSA) is 125 Å². The second-order valence-corrected chi connectivity index (χ2v) is 5.92. The minimum absolute atomic E-state index is 0.0455. The van der Waals surface area contributed by atoms with E-state index in [2.05, 4.69) is 15.5 Å². The molecule has 3 rings (SSSR count). The molecule has 11 heteroatoms. The fourth-order valence-electron chi connectivity index (χ4n) is 2.31. The van der Waals surface area contributed by atoms with Gasteiger partial charge in [-0.3, -0.25) is 19.7 Å². The fraction of sp³-hybridized carbons (Fsp3) is 0.125. The Balaban J connectivity index is 1.86. The number of nitrogens with one attached hydrogen (secondary N) is 1. The van der Waals surface area contributed by atoms with E-state index in [4.69, 9.17) is 11.6 Å². The third kappa shape index (κ3) is 3.85. The van der Waals surface area contributed by atoms with Gasteiger partial charge in [-0.2, -0.15) is 5.10 Å². The molecule has 0 bridgehead atoms. The summed E-state index contributed by atoms with van der Waals surface area (Å²) in [5.74, 6) is -0.208. The summed E-state index contributed by atoms with van der Waals surface area (Å²) in [5.41, 5.74) is -0.632. The number of hydrogen-bond donors (Lipinski definition) is 1. The van der Waals surface area contributed by atoms with E-state index in [1.165, 1.54) is 35.9 Å². The molecule has 138 valence electrons. The molecule has 1 atom stereocenters. The average molecular weight is 389 g/mol. The maximum atomic E-state index is 12.5. The second-order valence-electron chi connectivity index (χ2n) is 5.51. The molecule has 2 heterocycles. The smallest absolute Gasteiger partial charge is 0.289 e. The van der Waals surface area contributed by atoms with Crippen molar-refractivity contribution in [1.29, 1.82) is 0 Å². The number of anilines is 1. The number of nitro groups is 1. The van der Waals surface area contributed by atoms with Gasteiger partial charge in [-0.15, -0.1) is 5.10 Å². The summed E-state index contributed by atoms with van der Waals surface area (Å²) in [6.45, 7) is 1.49. The van der Waals surface area contributed by atoms with Gasteiger partial charge in [-0.1, -0.05) is 11.6 Å². The Morgan fingerprint density at radius 3 is 2.78 bits per heavy atom. The Hall–Kier alpha value is -3.53. The van der Waals surface area contributed by atoms with Crippen molar-refractivity contribution < 1.29 is 9.72 Å². The average Bonchev–Trinajstić information content (AvgIpc) is 3.17. The molecule has 1 amide bonds. The lowest BCUT2D eigenvalue weighted by Crippen LogP contribution is -2.33. The van der Waals surface area contributed by atoms with Crippen LogP contribution in [0.1, 0.15) is 13.0 Å². The molecule has 0 aliphatic rings. The predicted molar refractivity (Wildman–Crippen MR) is 97.1 cm³/mol. The molecule has 0 spiro atoms. The Morgan fingerprint density at radius 2 is 2.11 bits per heavy atom. The van der Waals surface area contributed by atoms with Crippen LogP contribution >= 0.6 is 11.6 Å². The summed E-state index contributed by atoms with van der Waals surface area (Å²) in [7, 11) is 0. The molecule has 0 saturated heterocycles. The molecular weight excluding hydrogens is 376 g/mol. The molecule has 1 aromatic carbocycles. The number of nitro benzene ring substituents is 1. The zero-order chi connectivity index (χ0) is 19.6. The molecular formula is C16H13ClN6O4. The quantitative estimate of drug-likeness (QED) is 0.527. The third-order valence-corrected chi connectivity index (χ3v) is 4.03. The Bertz CT molecular complexity index is 1060. The Kier molecular flexibility index (Phi) is 4.99. The molecule has 0 saturated carbocycles. The molecule has 0 fully saturated rings. The van der Waals surface area contributed by atoms with Crippen LogP contribution in [0.25, 0.3) is 5.82 Å². The number of nitrogens with zero attached hydrogens (tertiary/aromatic N) is 5. The standard InChI is InChI=1S/C16H13ClN6O4/c1-10(16(25)19-11-3-4-12(17)13(9-11)23(26)27)22-15(24)6-5-14(20-22)21-8-2-7-18-21/h2-10H,1H3,(H,19,25)/t10-/m1/s1. The van der Waals surface area contributed by atoms with Crippen LogP contribution in [0, 0.1) is 10.1 Å². The third-order valence-electron chi connectivity index (χ3n) is 3.71. The highest BCUT2D eigenvalue weighted by Crippen LogP contribution is 2.27. The minimum Gasteiger partial charge on any atom is -0.324 e. The highest BCUT2D eigenvalue weighted by molar-refractivity contribution is 6.32. The van der Waals surface area contributed by atoms with Crippen LogP contribution in [-0.2, 0) is 4.79 Å². The van der Waals surface area contributed by atoms with E-state index < -0.39 is 22.4 Å². The first-order valence-corrected chi connectivity index (χ1v) is 8.09. The van der Waals surface area contributed by atoms with Gasteiger partial charge < -0.3 is 5.32 Å². The van der Waals surface area contributed by atoms with Crippen molar-refractivity contribution in [2.75, 3.05) is 5.32 Å². The molecule has 2 aromatic heterocycles. The van der Waals surface area contributed by atoms with Gasteiger partial charge in [0.05, 0.1) is 4.92 Å². The number of aromatic nitrogens is 4. The summed E-state index contributed by atoms with van der Waals surface area (Å²) in [5, 5.41) is 21.6. The highest BCUT2D eigenvalue weighted by Gasteiger charge is 2.20. The van der Waals surface area contributed by atoms with Gasteiger partial charge in [-0.05, 0) is 31.2 Å². The van der Waals surface area contributed by atoms with Gasteiger partial charge >= 0.3 is 0 Å². The van der Waals surface area contributed by atoms with Crippen LogP contribution in [0.2, 0.25) is 5.02 Å². The van der Waals surface area contributed by atoms with E-state index in [1.54, 1.807) is 18.5 Å². The van der Waals surface area contributed by atoms with E-state index in [0.29, 0.717) is 5.82 Å². The van der Waals surface area contributed by atoms with Gasteiger partial charge in [-0.25, -0.2) is 9.36 Å². The number of carbonyl (C=O) groups excluding carboxylic acids is 1. The molecule has 0 aliphatic heterocycles. The van der Waals surface area contributed by atoms with Crippen LogP contribution in [0.5, 0.6) is 0 Å². The number of carbonyl (C=O) groups is 1. The summed E-state index contributed by atoms with van der Waals surface area (Å²) >= 11 is 5.76. The van der Waals surface area contributed by atoms with Crippen molar-refractivity contribution >= 4 is 28.9 Å². The van der Waals surface area contributed by atoms with E-state index in [-0.39, 0.29) is 16.4 Å². The molecule has 1 N–H and O–H groups in total. The van der Waals surface area contributed by atoms with Crippen molar-refractivity contribution in [1.82, 2.24) is 19.6 Å². The maximum absolute atomic E-state index is 12.5. The molecule has 0 aliphatic carbocycles. The molecule has 0 unspecified atom stereocenters. The summed E-state index contributed by atoms with van der Waals surface area (Å²) in [6, 6.07) is 7.37.